The van der Waals surface area contributed by atoms with E-state index in [9.17, 15) is 0 Å². The topological polar surface area (TPSA) is 51.8 Å². The molecule has 0 unspecified atom stereocenters. The second-order valence-corrected chi connectivity index (χ2v) is 16.3. The van der Waals surface area contributed by atoms with Crippen molar-refractivity contribution in [3.05, 3.63) is 235 Å². The highest BCUT2D eigenvalue weighted by Gasteiger charge is 2.51. The van der Waals surface area contributed by atoms with Crippen molar-refractivity contribution in [1.29, 1.82) is 0 Å². The summed E-state index contributed by atoms with van der Waals surface area (Å²) in [5.74, 6) is 1.86. The average molecular weight is 790 g/mol. The van der Waals surface area contributed by atoms with Crippen LogP contribution in [0.4, 0.5) is 0 Å². The molecule has 13 rings (SSSR count). The minimum absolute atomic E-state index is 0.410. The summed E-state index contributed by atoms with van der Waals surface area (Å²) in [4.78, 5) is 15.5. The lowest BCUT2D eigenvalue weighted by Gasteiger charge is -2.30. The van der Waals surface area contributed by atoms with E-state index in [1.807, 2.05) is 36.4 Å². The zero-order valence-electron chi connectivity index (χ0n) is 33.5. The van der Waals surface area contributed by atoms with Crippen molar-refractivity contribution < 1.29 is 4.42 Å². The summed E-state index contributed by atoms with van der Waals surface area (Å²) >= 11 is 0. The number of rotatable bonds is 5. The fourth-order valence-electron chi connectivity index (χ4n) is 10.3. The lowest BCUT2D eigenvalue weighted by molar-refractivity contribution is 0.669. The van der Waals surface area contributed by atoms with Crippen LogP contribution in [0.25, 0.3) is 101 Å². The number of nitrogens with zero attached hydrogens (tertiary/aromatic N) is 3. The molecular weight excluding hydrogens is 755 g/mol. The minimum atomic E-state index is -0.410. The van der Waals surface area contributed by atoms with Crippen LogP contribution in [0.15, 0.2) is 217 Å². The number of para-hydroxylation sites is 1. The largest absolute Gasteiger partial charge is 0.456 e. The van der Waals surface area contributed by atoms with E-state index < -0.39 is 5.41 Å². The van der Waals surface area contributed by atoms with Gasteiger partial charge in [0.05, 0.1) is 5.41 Å². The van der Waals surface area contributed by atoms with Gasteiger partial charge in [0.15, 0.2) is 17.5 Å². The molecule has 0 radical (unpaired) electrons. The van der Waals surface area contributed by atoms with Crippen molar-refractivity contribution in [3.8, 4) is 78.7 Å². The van der Waals surface area contributed by atoms with Gasteiger partial charge in [-0.05, 0) is 97.1 Å². The van der Waals surface area contributed by atoms with Gasteiger partial charge in [0.25, 0.3) is 0 Å². The Bertz CT molecular complexity index is 3560. The molecule has 0 saturated heterocycles. The molecule has 2 aromatic heterocycles. The monoisotopic (exact) mass is 789 g/mol. The van der Waals surface area contributed by atoms with Crippen molar-refractivity contribution in [2.24, 2.45) is 0 Å². The van der Waals surface area contributed by atoms with Crippen molar-refractivity contribution in [1.82, 2.24) is 15.0 Å². The van der Waals surface area contributed by atoms with Gasteiger partial charge in [0, 0.05) is 27.5 Å². The van der Waals surface area contributed by atoms with Crippen molar-refractivity contribution in [3.63, 3.8) is 0 Å². The second kappa shape index (κ2) is 13.4. The first kappa shape index (κ1) is 34.6. The molecule has 0 N–H and O–H groups in total. The standard InChI is InChI=1S/C58H35N3O/c1-2-15-36(16-3-1)55-59-56(40-19-12-17-37(33-40)38-31-32-46-45-23-7-11-30-52(45)62-53(46)35-38)61-57(60-55)41-20-13-18-39(34-41)42-25-14-29-51-54(42)47-24-6-10-28-50(47)58(51)48-26-8-4-21-43(48)44-22-5-9-27-49(44)58/h1-35H. The highest BCUT2D eigenvalue weighted by atomic mass is 16.3. The highest BCUT2D eigenvalue weighted by Crippen LogP contribution is 2.64. The molecule has 11 aromatic rings. The number of aromatic nitrogens is 3. The molecule has 62 heavy (non-hydrogen) atoms. The summed E-state index contributed by atoms with van der Waals surface area (Å²) in [6.07, 6.45) is 0. The molecule has 2 aliphatic rings. The molecule has 288 valence electrons. The van der Waals surface area contributed by atoms with Crippen LogP contribution in [-0.4, -0.2) is 15.0 Å². The number of hydrogen-bond donors (Lipinski definition) is 0. The van der Waals surface area contributed by atoms with Crippen LogP contribution in [0.3, 0.4) is 0 Å². The third-order valence-electron chi connectivity index (χ3n) is 13.0. The van der Waals surface area contributed by atoms with Crippen LogP contribution in [0.5, 0.6) is 0 Å². The summed E-state index contributed by atoms with van der Waals surface area (Å²) in [6.45, 7) is 0. The summed E-state index contributed by atoms with van der Waals surface area (Å²) in [7, 11) is 0. The predicted molar refractivity (Wildman–Crippen MR) is 251 cm³/mol. The highest BCUT2D eigenvalue weighted by molar-refractivity contribution is 6.06. The Hall–Kier alpha value is -8.21. The molecule has 4 nitrogen and oxygen atoms in total. The van der Waals surface area contributed by atoms with Gasteiger partial charge in [0.1, 0.15) is 11.2 Å². The molecular formula is C58H35N3O. The molecule has 2 heterocycles. The molecule has 0 bridgehead atoms. The molecule has 0 amide bonds. The quantitative estimate of drug-likeness (QED) is 0.174. The second-order valence-electron chi connectivity index (χ2n) is 16.3. The maximum absolute atomic E-state index is 6.26. The van der Waals surface area contributed by atoms with Crippen LogP contribution in [0.2, 0.25) is 0 Å². The fraction of sp³-hybridized carbons (Fsp3) is 0.0172. The Morgan fingerprint density at radius 1 is 0.290 bits per heavy atom. The lowest BCUT2D eigenvalue weighted by atomic mass is 9.70. The van der Waals surface area contributed by atoms with Gasteiger partial charge in [-0.25, -0.2) is 15.0 Å². The van der Waals surface area contributed by atoms with Crippen LogP contribution < -0.4 is 0 Å². The van der Waals surface area contributed by atoms with E-state index in [0.717, 1.165) is 55.3 Å². The summed E-state index contributed by atoms with van der Waals surface area (Å²) in [6, 6.07) is 75.6. The molecule has 0 atom stereocenters. The van der Waals surface area contributed by atoms with Crippen LogP contribution >= 0.6 is 0 Å². The summed E-state index contributed by atoms with van der Waals surface area (Å²) in [5.41, 5.74) is 19.0. The van der Waals surface area contributed by atoms with Crippen molar-refractivity contribution in [2.45, 2.75) is 5.41 Å². The smallest absolute Gasteiger partial charge is 0.164 e. The van der Waals surface area contributed by atoms with E-state index in [1.165, 1.54) is 50.1 Å². The van der Waals surface area contributed by atoms with Gasteiger partial charge in [-0.15, -0.1) is 0 Å². The molecule has 2 aliphatic carbocycles. The van der Waals surface area contributed by atoms with E-state index in [2.05, 4.69) is 176 Å². The summed E-state index contributed by atoms with van der Waals surface area (Å²) < 4.78 is 6.26. The molecule has 9 aromatic carbocycles. The number of fused-ring (bicyclic) bond motifs is 13. The first-order valence-corrected chi connectivity index (χ1v) is 21.1. The van der Waals surface area contributed by atoms with Gasteiger partial charge in [0.2, 0.25) is 0 Å². The molecule has 4 heteroatoms. The Balaban J connectivity index is 0.954. The molecule has 0 saturated carbocycles. The van der Waals surface area contributed by atoms with Gasteiger partial charge in [-0.1, -0.05) is 182 Å². The van der Waals surface area contributed by atoms with Crippen molar-refractivity contribution >= 4 is 21.9 Å². The Kier molecular flexibility index (Phi) is 7.49. The Morgan fingerprint density at radius 2 is 0.758 bits per heavy atom. The first-order chi connectivity index (χ1) is 30.7. The lowest BCUT2D eigenvalue weighted by Crippen LogP contribution is -2.25. The maximum atomic E-state index is 6.26. The summed E-state index contributed by atoms with van der Waals surface area (Å²) in [5, 5.41) is 2.23. The van der Waals surface area contributed by atoms with Gasteiger partial charge in [-0.2, -0.15) is 0 Å². The van der Waals surface area contributed by atoms with E-state index in [1.54, 1.807) is 0 Å². The van der Waals surface area contributed by atoms with Crippen LogP contribution in [0, 0.1) is 0 Å². The van der Waals surface area contributed by atoms with Gasteiger partial charge < -0.3 is 4.42 Å². The van der Waals surface area contributed by atoms with Crippen molar-refractivity contribution in [2.75, 3.05) is 0 Å². The Labute approximate surface area is 358 Å². The Morgan fingerprint density at radius 3 is 1.48 bits per heavy atom. The number of benzene rings is 9. The first-order valence-electron chi connectivity index (χ1n) is 21.1. The molecule has 1 spiro atoms. The van der Waals surface area contributed by atoms with E-state index >= 15 is 0 Å². The van der Waals surface area contributed by atoms with E-state index in [4.69, 9.17) is 19.4 Å². The third kappa shape index (κ3) is 5.04. The zero-order chi connectivity index (χ0) is 40.8. The van der Waals surface area contributed by atoms with Crippen LogP contribution in [-0.2, 0) is 5.41 Å². The molecule has 0 aliphatic heterocycles. The number of furan rings is 1. The normalized spacial score (nSPS) is 13.0. The number of hydrogen-bond acceptors (Lipinski definition) is 4. The fourth-order valence-corrected chi connectivity index (χ4v) is 10.3. The SMILES string of the molecule is c1ccc(-c2nc(-c3cccc(-c4ccc5c(c4)oc4ccccc45)c3)nc(-c3cccc(-c4cccc5c4-c4ccccc4C54c5ccccc5-c5ccccc54)c3)n2)cc1. The zero-order valence-corrected chi connectivity index (χ0v) is 33.5. The third-order valence-corrected chi connectivity index (χ3v) is 13.0. The minimum Gasteiger partial charge on any atom is -0.456 e. The van der Waals surface area contributed by atoms with Gasteiger partial charge in [-0.3, -0.25) is 0 Å². The van der Waals surface area contributed by atoms with Crippen LogP contribution in [0.1, 0.15) is 22.3 Å². The van der Waals surface area contributed by atoms with E-state index in [0.29, 0.717) is 17.5 Å². The van der Waals surface area contributed by atoms with E-state index in [-0.39, 0.29) is 0 Å². The average Bonchev–Trinajstić information content (AvgIpc) is 3.98. The predicted octanol–water partition coefficient (Wildman–Crippen LogP) is 14.4. The maximum Gasteiger partial charge on any atom is 0.164 e. The van der Waals surface area contributed by atoms with Gasteiger partial charge >= 0.3 is 0 Å². The molecule has 0 fully saturated rings.